The van der Waals surface area contributed by atoms with E-state index >= 15 is 0 Å². The van der Waals surface area contributed by atoms with E-state index < -0.39 is 16.5 Å². The molecule has 1 fully saturated rings. The topological polar surface area (TPSA) is 101 Å². The Bertz CT molecular complexity index is 621. The highest BCUT2D eigenvalue weighted by atomic mass is 35.5. The molecule has 2 N–H and O–H groups in total. The van der Waals surface area contributed by atoms with Crippen LogP contribution in [0.4, 0.5) is 5.69 Å². The molecule has 1 aliphatic heterocycles. The van der Waals surface area contributed by atoms with Crippen molar-refractivity contribution < 1.29 is 14.5 Å². The summed E-state index contributed by atoms with van der Waals surface area (Å²) in [5.74, 6) is -0.572. The zero-order valence-corrected chi connectivity index (χ0v) is 12.2. The number of nitro groups is 1. The average Bonchev–Trinajstić information content (AvgIpc) is 2.84. The summed E-state index contributed by atoms with van der Waals surface area (Å²) in [5, 5.41) is 15.9. The number of benzene rings is 1. The Balaban J connectivity index is 2.08. The summed E-state index contributed by atoms with van der Waals surface area (Å²) in [5.41, 5.74) is -0.385. The van der Waals surface area contributed by atoms with Gasteiger partial charge >= 0.3 is 0 Å². The summed E-state index contributed by atoms with van der Waals surface area (Å²) in [7, 11) is 0. The van der Waals surface area contributed by atoms with Gasteiger partial charge in [-0.25, -0.2) is 0 Å². The lowest BCUT2D eigenvalue weighted by atomic mass is 10.1. The lowest BCUT2D eigenvalue weighted by Crippen LogP contribution is -2.38. The monoisotopic (exact) mass is 331 g/mol. The molecule has 1 aromatic rings. The Labute approximate surface area is 129 Å². The van der Waals surface area contributed by atoms with Crippen LogP contribution < -0.4 is 10.6 Å². The van der Waals surface area contributed by atoms with Gasteiger partial charge in [-0.3, -0.25) is 19.7 Å². The summed E-state index contributed by atoms with van der Waals surface area (Å²) < 4.78 is 0. The van der Waals surface area contributed by atoms with Gasteiger partial charge in [-0.1, -0.05) is 23.2 Å². The molecule has 7 nitrogen and oxygen atoms in total. The van der Waals surface area contributed by atoms with E-state index in [-0.39, 0.29) is 34.1 Å². The van der Waals surface area contributed by atoms with Crippen LogP contribution in [0.2, 0.25) is 10.0 Å². The van der Waals surface area contributed by atoms with Crippen LogP contribution in [-0.4, -0.2) is 29.3 Å². The number of carbonyl (C=O) groups is 2. The summed E-state index contributed by atoms with van der Waals surface area (Å²) in [4.78, 5) is 33.1. The lowest BCUT2D eigenvalue weighted by Gasteiger charge is -2.11. The molecule has 0 bridgehead atoms. The Morgan fingerprint density at radius 3 is 2.76 bits per heavy atom. The molecule has 1 aliphatic rings. The molecule has 1 atom stereocenters. The highest BCUT2D eigenvalue weighted by molar-refractivity contribution is 6.43. The zero-order chi connectivity index (χ0) is 15.6. The van der Waals surface area contributed by atoms with Gasteiger partial charge in [0.1, 0.15) is 5.02 Å². The fourth-order valence-corrected chi connectivity index (χ4v) is 2.38. The number of halogens is 2. The van der Waals surface area contributed by atoms with Crippen LogP contribution >= 0.6 is 23.2 Å². The van der Waals surface area contributed by atoms with Crippen molar-refractivity contribution in [2.75, 3.05) is 6.54 Å². The van der Waals surface area contributed by atoms with E-state index in [4.69, 9.17) is 23.2 Å². The lowest BCUT2D eigenvalue weighted by molar-refractivity contribution is -0.384. The smallest absolute Gasteiger partial charge is 0.290 e. The third-order valence-corrected chi connectivity index (χ3v) is 3.85. The molecule has 1 heterocycles. The quantitative estimate of drug-likeness (QED) is 0.649. The first-order valence-corrected chi connectivity index (χ1v) is 6.85. The molecule has 2 rings (SSSR count). The predicted octanol–water partition coefficient (Wildman–Crippen LogP) is 1.91. The number of nitrogens with one attached hydrogen (secondary N) is 2. The summed E-state index contributed by atoms with van der Waals surface area (Å²) >= 11 is 11.5. The molecule has 0 aliphatic carbocycles. The molecule has 9 heteroatoms. The van der Waals surface area contributed by atoms with Gasteiger partial charge in [0.15, 0.2) is 0 Å². The van der Waals surface area contributed by atoms with Gasteiger partial charge in [0.05, 0.1) is 9.95 Å². The Kier molecular flexibility index (Phi) is 4.64. The number of amides is 2. The van der Waals surface area contributed by atoms with Crippen LogP contribution in [0.3, 0.4) is 0 Å². The molecule has 21 heavy (non-hydrogen) atoms. The average molecular weight is 332 g/mol. The number of hydrogen-bond donors (Lipinski definition) is 2. The standard InChI is InChI=1S/C12H11Cl2N3O4/c13-8-3-6(4-9(11(8)14)17(20)21)12(19)15-5-7-1-2-10(18)16-7/h3-4,7H,1-2,5H2,(H,15,19)(H,16,18). The molecule has 1 unspecified atom stereocenters. The van der Waals surface area contributed by atoms with Gasteiger partial charge in [-0.05, 0) is 12.5 Å². The molecular weight excluding hydrogens is 321 g/mol. The molecule has 0 spiro atoms. The summed E-state index contributed by atoms with van der Waals surface area (Å²) in [6.07, 6.45) is 1.07. The summed E-state index contributed by atoms with van der Waals surface area (Å²) in [6, 6.07) is 2.20. The van der Waals surface area contributed by atoms with E-state index in [0.29, 0.717) is 12.8 Å². The van der Waals surface area contributed by atoms with E-state index in [1.54, 1.807) is 0 Å². The third kappa shape index (κ3) is 3.62. The second-order valence-corrected chi connectivity index (χ2v) is 5.35. The van der Waals surface area contributed by atoms with Crippen molar-refractivity contribution in [3.05, 3.63) is 37.9 Å². The van der Waals surface area contributed by atoms with Crippen LogP contribution in [0.15, 0.2) is 12.1 Å². The van der Waals surface area contributed by atoms with E-state index in [0.717, 1.165) is 6.07 Å². The maximum Gasteiger partial charge on any atom is 0.290 e. The van der Waals surface area contributed by atoms with E-state index in [1.165, 1.54) is 6.07 Å². The highest BCUT2D eigenvalue weighted by Crippen LogP contribution is 2.33. The fourth-order valence-electron chi connectivity index (χ4n) is 1.99. The maximum atomic E-state index is 12.0. The Hall–Kier alpha value is -1.86. The molecule has 0 saturated carbocycles. The first-order chi connectivity index (χ1) is 9.88. The fraction of sp³-hybridized carbons (Fsp3) is 0.333. The van der Waals surface area contributed by atoms with E-state index in [2.05, 4.69) is 10.6 Å². The normalized spacial score (nSPS) is 17.4. The molecular formula is C12H11Cl2N3O4. The number of hydrogen-bond acceptors (Lipinski definition) is 4. The van der Waals surface area contributed by atoms with Gasteiger partial charge < -0.3 is 10.6 Å². The van der Waals surface area contributed by atoms with Crippen molar-refractivity contribution in [3.8, 4) is 0 Å². The predicted molar refractivity (Wildman–Crippen MR) is 76.6 cm³/mol. The molecule has 1 saturated heterocycles. The van der Waals surface area contributed by atoms with Crippen LogP contribution in [0, 0.1) is 10.1 Å². The van der Waals surface area contributed by atoms with Gasteiger partial charge in [-0.15, -0.1) is 0 Å². The number of carbonyl (C=O) groups excluding carboxylic acids is 2. The minimum atomic E-state index is -0.706. The molecule has 0 aromatic heterocycles. The van der Waals surface area contributed by atoms with Gasteiger partial charge in [0.2, 0.25) is 5.91 Å². The number of nitro benzene ring substituents is 1. The second kappa shape index (κ2) is 6.28. The molecule has 1 aromatic carbocycles. The third-order valence-electron chi connectivity index (χ3n) is 3.06. The minimum Gasteiger partial charge on any atom is -0.352 e. The first kappa shape index (κ1) is 15.5. The van der Waals surface area contributed by atoms with E-state index in [9.17, 15) is 19.7 Å². The maximum absolute atomic E-state index is 12.0. The molecule has 2 amide bonds. The van der Waals surface area contributed by atoms with Crippen molar-refractivity contribution in [1.29, 1.82) is 0 Å². The van der Waals surface area contributed by atoms with Crippen LogP contribution in [-0.2, 0) is 4.79 Å². The second-order valence-electron chi connectivity index (χ2n) is 4.56. The van der Waals surface area contributed by atoms with Gasteiger partial charge in [0.25, 0.3) is 11.6 Å². The van der Waals surface area contributed by atoms with E-state index in [1.807, 2.05) is 0 Å². The molecule has 0 radical (unpaired) electrons. The van der Waals surface area contributed by atoms with Crippen LogP contribution in [0.5, 0.6) is 0 Å². The largest absolute Gasteiger partial charge is 0.352 e. The molecule has 112 valence electrons. The van der Waals surface area contributed by atoms with Gasteiger partial charge in [-0.2, -0.15) is 0 Å². The highest BCUT2D eigenvalue weighted by Gasteiger charge is 2.23. The summed E-state index contributed by atoms with van der Waals surface area (Å²) in [6.45, 7) is 0.249. The van der Waals surface area contributed by atoms with Crippen molar-refractivity contribution in [2.24, 2.45) is 0 Å². The Morgan fingerprint density at radius 1 is 1.48 bits per heavy atom. The SMILES string of the molecule is O=C1CCC(CNC(=O)c2cc(Cl)c(Cl)c([N+](=O)[O-])c2)N1. The van der Waals surface area contributed by atoms with Crippen molar-refractivity contribution in [3.63, 3.8) is 0 Å². The number of rotatable bonds is 4. The van der Waals surface area contributed by atoms with Crippen molar-refractivity contribution >= 4 is 40.7 Å². The van der Waals surface area contributed by atoms with Crippen molar-refractivity contribution in [2.45, 2.75) is 18.9 Å². The number of nitrogens with zero attached hydrogens (tertiary/aromatic N) is 1. The van der Waals surface area contributed by atoms with Crippen LogP contribution in [0.1, 0.15) is 23.2 Å². The van der Waals surface area contributed by atoms with Crippen LogP contribution in [0.25, 0.3) is 0 Å². The Morgan fingerprint density at radius 2 is 2.19 bits per heavy atom. The minimum absolute atomic E-state index is 0.0421. The van der Waals surface area contributed by atoms with Gasteiger partial charge in [0, 0.05) is 30.6 Å². The zero-order valence-electron chi connectivity index (χ0n) is 10.7. The van der Waals surface area contributed by atoms with Crippen molar-refractivity contribution in [1.82, 2.24) is 10.6 Å². The first-order valence-electron chi connectivity index (χ1n) is 6.09.